The molecule has 0 heterocycles. The maximum Gasteiger partial charge on any atom is 0.137 e. The van der Waals surface area contributed by atoms with Gasteiger partial charge in [0.05, 0.1) is 0 Å². The maximum atomic E-state index is 12.1. The van der Waals surface area contributed by atoms with Gasteiger partial charge >= 0.3 is 0 Å². The van der Waals surface area contributed by atoms with Gasteiger partial charge in [0.25, 0.3) is 0 Å². The number of rotatable bonds is 4. The van der Waals surface area contributed by atoms with Crippen molar-refractivity contribution in [3.8, 4) is 0 Å². The normalized spacial score (nSPS) is 23.9. The first-order valence-corrected chi connectivity index (χ1v) is 7.22. The second-order valence-electron chi connectivity index (χ2n) is 5.93. The van der Waals surface area contributed by atoms with Crippen LogP contribution >= 0.6 is 0 Å². The summed E-state index contributed by atoms with van der Waals surface area (Å²) < 4.78 is 0. The summed E-state index contributed by atoms with van der Waals surface area (Å²) in [5, 5.41) is 0. The van der Waals surface area contributed by atoms with E-state index in [-0.39, 0.29) is 0 Å². The molecular formula is C17H24O. The van der Waals surface area contributed by atoms with E-state index in [1.807, 2.05) is 0 Å². The Bertz CT molecular complexity index is 391. The van der Waals surface area contributed by atoms with Crippen molar-refractivity contribution in [3.63, 3.8) is 0 Å². The summed E-state index contributed by atoms with van der Waals surface area (Å²) in [6.45, 7) is 4.39. The lowest BCUT2D eigenvalue weighted by molar-refractivity contribution is -0.119. The third-order valence-corrected chi connectivity index (χ3v) is 4.30. The van der Waals surface area contributed by atoms with Gasteiger partial charge in [0.15, 0.2) is 0 Å². The molecule has 18 heavy (non-hydrogen) atoms. The van der Waals surface area contributed by atoms with Gasteiger partial charge in [-0.2, -0.15) is 0 Å². The molecule has 0 saturated heterocycles. The fraction of sp³-hybridized carbons (Fsp3) is 0.588. The molecule has 2 unspecified atom stereocenters. The van der Waals surface area contributed by atoms with Crippen molar-refractivity contribution >= 4 is 5.78 Å². The molecule has 0 bridgehead atoms. The van der Waals surface area contributed by atoms with Crippen LogP contribution in [-0.2, 0) is 11.2 Å². The highest BCUT2D eigenvalue weighted by atomic mass is 16.1. The fourth-order valence-electron chi connectivity index (χ4n) is 2.99. The average Bonchev–Trinajstić information content (AvgIpc) is 2.35. The molecule has 2 atom stereocenters. The minimum atomic E-state index is 0.414. The molecule has 0 N–H and O–H groups in total. The zero-order valence-electron chi connectivity index (χ0n) is 11.6. The molecule has 1 aliphatic carbocycles. The number of carbonyl (C=O) groups is 1. The SMILES string of the molecule is Cc1ccc(CC(=O)CC2CCCCC2C)cc1. The summed E-state index contributed by atoms with van der Waals surface area (Å²) in [5.74, 6) is 1.79. The summed E-state index contributed by atoms with van der Waals surface area (Å²) in [4.78, 5) is 12.1. The first-order valence-electron chi connectivity index (χ1n) is 7.22. The van der Waals surface area contributed by atoms with Crippen LogP contribution in [-0.4, -0.2) is 5.78 Å². The van der Waals surface area contributed by atoms with Crippen LogP contribution < -0.4 is 0 Å². The van der Waals surface area contributed by atoms with E-state index in [1.165, 1.54) is 31.2 Å². The highest BCUT2D eigenvalue weighted by Gasteiger charge is 2.23. The quantitative estimate of drug-likeness (QED) is 0.770. The third-order valence-electron chi connectivity index (χ3n) is 4.30. The van der Waals surface area contributed by atoms with E-state index in [0.29, 0.717) is 18.1 Å². The van der Waals surface area contributed by atoms with Crippen molar-refractivity contribution in [2.45, 2.75) is 52.4 Å². The number of hydrogen-bond acceptors (Lipinski definition) is 1. The van der Waals surface area contributed by atoms with E-state index in [1.54, 1.807) is 0 Å². The van der Waals surface area contributed by atoms with Crippen LogP contribution in [0.25, 0.3) is 0 Å². The van der Waals surface area contributed by atoms with Crippen LogP contribution in [0, 0.1) is 18.8 Å². The molecule has 0 spiro atoms. The second-order valence-corrected chi connectivity index (χ2v) is 5.93. The van der Waals surface area contributed by atoms with Crippen LogP contribution in [0.5, 0.6) is 0 Å². The largest absolute Gasteiger partial charge is 0.299 e. The molecule has 1 aliphatic rings. The molecule has 98 valence electrons. The predicted octanol–water partition coefficient (Wildman–Crippen LogP) is 4.32. The molecule has 1 nitrogen and oxygen atoms in total. The standard InChI is InChI=1S/C17H24O/c1-13-7-9-15(10-8-13)11-17(18)12-16-6-4-3-5-14(16)2/h7-10,14,16H,3-6,11-12H2,1-2H3. The van der Waals surface area contributed by atoms with Gasteiger partial charge in [-0.3, -0.25) is 4.79 Å². The molecule has 1 saturated carbocycles. The van der Waals surface area contributed by atoms with E-state index >= 15 is 0 Å². The van der Waals surface area contributed by atoms with Gasteiger partial charge in [-0.1, -0.05) is 56.0 Å². The minimum Gasteiger partial charge on any atom is -0.299 e. The minimum absolute atomic E-state index is 0.414. The second kappa shape index (κ2) is 6.17. The molecule has 1 fully saturated rings. The van der Waals surface area contributed by atoms with Crippen molar-refractivity contribution in [2.24, 2.45) is 11.8 Å². The molecule has 0 aromatic heterocycles. The van der Waals surface area contributed by atoms with Gasteiger partial charge in [0.2, 0.25) is 0 Å². The Morgan fingerprint density at radius 3 is 2.50 bits per heavy atom. The molecule has 0 radical (unpaired) electrons. The van der Waals surface area contributed by atoms with Crippen molar-refractivity contribution in [3.05, 3.63) is 35.4 Å². The van der Waals surface area contributed by atoms with Crippen LogP contribution in [0.1, 0.15) is 50.2 Å². The molecular weight excluding hydrogens is 220 g/mol. The Morgan fingerprint density at radius 1 is 1.17 bits per heavy atom. The monoisotopic (exact) mass is 244 g/mol. The smallest absolute Gasteiger partial charge is 0.137 e. The average molecular weight is 244 g/mol. The summed E-state index contributed by atoms with van der Waals surface area (Å²) >= 11 is 0. The van der Waals surface area contributed by atoms with Gasteiger partial charge in [-0.15, -0.1) is 0 Å². The van der Waals surface area contributed by atoms with E-state index in [9.17, 15) is 4.79 Å². The Kier molecular flexibility index (Phi) is 4.57. The topological polar surface area (TPSA) is 17.1 Å². The summed E-state index contributed by atoms with van der Waals surface area (Å²) in [6.07, 6.45) is 6.62. The first-order chi connectivity index (χ1) is 8.65. The summed E-state index contributed by atoms with van der Waals surface area (Å²) in [5.41, 5.74) is 2.42. The van der Waals surface area contributed by atoms with E-state index in [4.69, 9.17) is 0 Å². The summed E-state index contributed by atoms with van der Waals surface area (Å²) in [7, 11) is 0. The molecule has 2 rings (SSSR count). The Hall–Kier alpha value is -1.11. The van der Waals surface area contributed by atoms with E-state index in [0.717, 1.165) is 17.9 Å². The number of benzene rings is 1. The van der Waals surface area contributed by atoms with Gasteiger partial charge in [0.1, 0.15) is 5.78 Å². The third kappa shape index (κ3) is 3.69. The van der Waals surface area contributed by atoms with Crippen molar-refractivity contribution < 1.29 is 4.79 Å². The van der Waals surface area contributed by atoms with Gasteiger partial charge in [-0.25, -0.2) is 0 Å². The Balaban J connectivity index is 1.86. The molecule has 1 aromatic rings. The Morgan fingerprint density at radius 2 is 1.83 bits per heavy atom. The number of Topliss-reactive ketones (excluding diaryl/α,β-unsaturated/α-hetero) is 1. The molecule has 0 aliphatic heterocycles. The van der Waals surface area contributed by atoms with Gasteiger partial charge in [0, 0.05) is 12.8 Å². The van der Waals surface area contributed by atoms with Crippen molar-refractivity contribution in [1.82, 2.24) is 0 Å². The lowest BCUT2D eigenvalue weighted by atomic mass is 9.77. The van der Waals surface area contributed by atoms with E-state index in [2.05, 4.69) is 38.1 Å². The zero-order valence-corrected chi connectivity index (χ0v) is 11.6. The molecule has 1 heteroatoms. The highest BCUT2D eigenvalue weighted by molar-refractivity contribution is 5.81. The Labute approximate surface area is 111 Å². The number of hydrogen-bond donors (Lipinski definition) is 0. The van der Waals surface area contributed by atoms with E-state index < -0.39 is 0 Å². The van der Waals surface area contributed by atoms with Crippen LogP contribution in [0.3, 0.4) is 0 Å². The zero-order chi connectivity index (χ0) is 13.0. The lowest BCUT2D eigenvalue weighted by Crippen LogP contribution is -2.20. The number of ketones is 1. The van der Waals surface area contributed by atoms with Gasteiger partial charge < -0.3 is 0 Å². The van der Waals surface area contributed by atoms with Crippen LogP contribution in [0.2, 0.25) is 0 Å². The number of carbonyl (C=O) groups excluding carboxylic acids is 1. The fourth-order valence-corrected chi connectivity index (χ4v) is 2.99. The van der Waals surface area contributed by atoms with Gasteiger partial charge in [-0.05, 0) is 30.7 Å². The predicted molar refractivity (Wildman–Crippen MR) is 75.6 cm³/mol. The number of aryl methyl sites for hydroxylation is 1. The molecule has 1 aromatic carbocycles. The highest BCUT2D eigenvalue weighted by Crippen LogP contribution is 2.32. The van der Waals surface area contributed by atoms with Crippen LogP contribution in [0.4, 0.5) is 0 Å². The lowest BCUT2D eigenvalue weighted by Gasteiger charge is -2.28. The van der Waals surface area contributed by atoms with Crippen LogP contribution in [0.15, 0.2) is 24.3 Å². The first kappa shape index (κ1) is 13.3. The van der Waals surface area contributed by atoms with Crippen molar-refractivity contribution in [2.75, 3.05) is 0 Å². The maximum absolute atomic E-state index is 12.1. The van der Waals surface area contributed by atoms with Crippen molar-refractivity contribution in [1.29, 1.82) is 0 Å². The summed E-state index contributed by atoms with van der Waals surface area (Å²) in [6, 6.07) is 8.34. The molecule has 0 amide bonds.